The molecule has 0 saturated heterocycles. The molecule has 0 aliphatic heterocycles. The molecule has 6 heteroatoms. The van der Waals surface area contributed by atoms with Gasteiger partial charge in [0.15, 0.2) is 5.96 Å². The molecule has 0 spiro atoms. The van der Waals surface area contributed by atoms with E-state index in [9.17, 15) is 0 Å². The van der Waals surface area contributed by atoms with Crippen molar-refractivity contribution in [1.82, 2.24) is 5.32 Å². The Bertz CT molecular complexity index is 285. The molecule has 1 rings (SSSR count). The summed E-state index contributed by atoms with van der Waals surface area (Å²) in [6.07, 6.45) is 11.5. The van der Waals surface area contributed by atoms with Crippen molar-refractivity contribution >= 4 is 29.9 Å². The smallest absolute Gasteiger partial charge is 0.188 e. The number of nitrogens with zero attached hydrogens (tertiary/aromatic N) is 1. The largest absolute Gasteiger partial charge is 0.382 e. The van der Waals surface area contributed by atoms with Gasteiger partial charge in [0.25, 0.3) is 0 Å². The fraction of sp³-hybridized carbons (Fsp3) is 0.941. The highest BCUT2D eigenvalue weighted by molar-refractivity contribution is 14.0. The number of nitrogens with two attached hydrogens (primary N) is 1. The standard InChI is InChI=1S/C17H35N3O2.HI/c1-2-21-14-9-13-20-17(18)19-12-7-4-8-15-22-16-10-5-3-6-11-16;/h16H,2-15H2,1H3,(H3,18,19,20);1H. The van der Waals surface area contributed by atoms with Crippen molar-refractivity contribution in [3.63, 3.8) is 0 Å². The van der Waals surface area contributed by atoms with Gasteiger partial charge in [-0.05, 0) is 45.4 Å². The maximum atomic E-state index is 5.92. The highest BCUT2D eigenvalue weighted by Gasteiger charge is 2.12. The molecule has 0 unspecified atom stereocenters. The van der Waals surface area contributed by atoms with E-state index in [1.54, 1.807) is 0 Å². The summed E-state index contributed by atoms with van der Waals surface area (Å²) >= 11 is 0. The molecule has 0 aromatic rings. The molecule has 5 nitrogen and oxygen atoms in total. The Labute approximate surface area is 159 Å². The number of hydrogen-bond donors (Lipinski definition) is 2. The summed E-state index contributed by atoms with van der Waals surface area (Å²) in [6.45, 7) is 6.06. The molecule has 3 N–H and O–H groups in total. The van der Waals surface area contributed by atoms with Crippen LogP contribution in [-0.2, 0) is 9.47 Å². The first-order chi connectivity index (χ1) is 10.8. The van der Waals surface area contributed by atoms with Gasteiger partial charge in [-0.15, -0.1) is 24.0 Å². The van der Waals surface area contributed by atoms with Gasteiger partial charge >= 0.3 is 0 Å². The number of ether oxygens (including phenoxy) is 2. The van der Waals surface area contributed by atoms with Crippen LogP contribution in [0.2, 0.25) is 0 Å². The van der Waals surface area contributed by atoms with Crippen LogP contribution in [0, 0.1) is 0 Å². The minimum absolute atomic E-state index is 0. The van der Waals surface area contributed by atoms with E-state index in [1.807, 2.05) is 6.92 Å². The van der Waals surface area contributed by atoms with Crippen molar-refractivity contribution in [3.8, 4) is 0 Å². The van der Waals surface area contributed by atoms with Gasteiger partial charge in [0.2, 0.25) is 0 Å². The van der Waals surface area contributed by atoms with Crippen LogP contribution in [-0.4, -0.2) is 45.0 Å². The zero-order valence-corrected chi connectivity index (χ0v) is 17.1. The Morgan fingerprint density at radius 2 is 1.87 bits per heavy atom. The summed E-state index contributed by atoms with van der Waals surface area (Å²) in [4.78, 5) is 4.27. The molecule has 0 heterocycles. The van der Waals surface area contributed by atoms with Crippen LogP contribution in [0.4, 0.5) is 0 Å². The van der Waals surface area contributed by atoms with E-state index in [4.69, 9.17) is 15.2 Å². The highest BCUT2D eigenvalue weighted by atomic mass is 127. The van der Waals surface area contributed by atoms with Crippen molar-refractivity contribution in [2.24, 2.45) is 10.7 Å². The normalized spacial score (nSPS) is 16.1. The van der Waals surface area contributed by atoms with E-state index in [-0.39, 0.29) is 24.0 Å². The minimum Gasteiger partial charge on any atom is -0.382 e. The van der Waals surface area contributed by atoms with E-state index in [0.717, 1.165) is 52.2 Å². The molecule has 0 aromatic carbocycles. The third-order valence-electron chi connectivity index (χ3n) is 3.97. The zero-order chi connectivity index (χ0) is 15.9. The van der Waals surface area contributed by atoms with E-state index in [2.05, 4.69) is 10.3 Å². The first-order valence-corrected chi connectivity index (χ1v) is 9.06. The number of rotatable bonds is 12. The lowest BCUT2D eigenvalue weighted by Gasteiger charge is -2.21. The monoisotopic (exact) mass is 441 g/mol. The molecule has 1 saturated carbocycles. The van der Waals surface area contributed by atoms with E-state index in [0.29, 0.717) is 12.1 Å². The summed E-state index contributed by atoms with van der Waals surface area (Å²) in [7, 11) is 0. The van der Waals surface area contributed by atoms with Crippen molar-refractivity contribution in [3.05, 3.63) is 0 Å². The molecule has 1 aliphatic rings. The van der Waals surface area contributed by atoms with Crippen LogP contribution in [0.3, 0.4) is 0 Å². The predicted molar refractivity (Wildman–Crippen MR) is 108 cm³/mol. The predicted octanol–water partition coefficient (Wildman–Crippen LogP) is 3.45. The lowest BCUT2D eigenvalue weighted by atomic mass is 9.98. The Hall–Kier alpha value is -0.0800. The van der Waals surface area contributed by atoms with E-state index in [1.165, 1.54) is 38.5 Å². The van der Waals surface area contributed by atoms with Gasteiger partial charge in [-0.2, -0.15) is 0 Å². The zero-order valence-electron chi connectivity index (χ0n) is 14.7. The Kier molecular flexibility index (Phi) is 16.7. The summed E-state index contributed by atoms with van der Waals surface area (Å²) < 4.78 is 11.2. The number of unbranched alkanes of at least 4 members (excludes halogenated alkanes) is 2. The van der Waals surface area contributed by atoms with Crippen molar-refractivity contribution in [2.45, 2.75) is 70.8 Å². The van der Waals surface area contributed by atoms with Gasteiger partial charge in [0, 0.05) is 32.9 Å². The second kappa shape index (κ2) is 16.8. The average Bonchev–Trinajstić information content (AvgIpc) is 2.55. The molecule has 0 bridgehead atoms. The molecule has 0 radical (unpaired) electrons. The number of hydrogen-bond acceptors (Lipinski definition) is 3. The Morgan fingerprint density at radius 3 is 2.61 bits per heavy atom. The molecule has 1 aliphatic carbocycles. The van der Waals surface area contributed by atoms with Crippen molar-refractivity contribution in [1.29, 1.82) is 0 Å². The maximum Gasteiger partial charge on any atom is 0.188 e. The third kappa shape index (κ3) is 14.0. The van der Waals surface area contributed by atoms with Crippen LogP contribution in [0.15, 0.2) is 4.99 Å². The van der Waals surface area contributed by atoms with Gasteiger partial charge in [0.1, 0.15) is 0 Å². The lowest BCUT2D eigenvalue weighted by Crippen LogP contribution is -2.32. The SMILES string of the molecule is CCOCCCN=C(N)NCCCCCOC1CCCCC1.I. The summed E-state index contributed by atoms with van der Waals surface area (Å²) in [5, 5.41) is 3.16. The van der Waals surface area contributed by atoms with Crippen LogP contribution >= 0.6 is 24.0 Å². The number of nitrogens with one attached hydrogen (secondary N) is 1. The molecule has 0 amide bonds. The van der Waals surface area contributed by atoms with Crippen molar-refractivity contribution < 1.29 is 9.47 Å². The van der Waals surface area contributed by atoms with Crippen LogP contribution < -0.4 is 11.1 Å². The van der Waals surface area contributed by atoms with Crippen LogP contribution in [0.25, 0.3) is 0 Å². The molecule has 0 aromatic heterocycles. The first kappa shape index (κ1) is 22.9. The third-order valence-corrected chi connectivity index (χ3v) is 3.97. The minimum atomic E-state index is 0. The summed E-state index contributed by atoms with van der Waals surface area (Å²) in [5.74, 6) is 0.551. The Morgan fingerprint density at radius 1 is 1.09 bits per heavy atom. The van der Waals surface area contributed by atoms with Crippen LogP contribution in [0.1, 0.15) is 64.7 Å². The fourth-order valence-electron chi connectivity index (χ4n) is 2.67. The summed E-state index contributed by atoms with van der Waals surface area (Å²) in [6, 6.07) is 0. The first-order valence-electron chi connectivity index (χ1n) is 9.06. The van der Waals surface area contributed by atoms with Crippen LogP contribution in [0.5, 0.6) is 0 Å². The second-order valence-electron chi connectivity index (χ2n) is 5.94. The molecule has 23 heavy (non-hydrogen) atoms. The quantitative estimate of drug-likeness (QED) is 0.211. The summed E-state index contributed by atoms with van der Waals surface area (Å²) in [5.41, 5.74) is 5.80. The van der Waals surface area contributed by atoms with Gasteiger partial charge in [-0.3, -0.25) is 4.99 Å². The molecular formula is C17H36IN3O2. The molecule has 138 valence electrons. The van der Waals surface area contributed by atoms with Gasteiger partial charge in [-0.25, -0.2) is 0 Å². The Balaban J connectivity index is 0.00000484. The fourth-order valence-corrected chi connectivity index (χ4v) is 2.67. The van der Waals surface area contributed by atoms with Gasteiger partial charge in [0.05, 0.1) is 6.10 Å². The molecule has 0 atom stereocenters. The molecule has 1 fully saturated rings. The van der Waals surface area contributed by atoms with Gasteiger partial charge in [-0.1, -0.05) is 19.3 Å². The van der Waals surface area contributed by atoms with E-state index < -0.39 is 0 Å². The number of guanidine groups is 1. The maximum absolute atomic E-state index is 5.92. The lowest BCUT2D eigenvalue weighted by molar-refractivity contribution is 0.0264. The molecular weight excluding hydrogens is 405 g/mol. The topological polar surface area (TPSA) is 68.9 Å². The van der Waals surface area contributed by atoms with E-state index >= 15 is 0 Å². The number of aliphatic imine (C=N–C) groups is 1. The number of halogens is 1. The second-order valence-corrected chi connectivity index (χ2v) is 5.94. The average molecular weight is 441 g/mol. The van der Waals surface area contributed by atoms with Gasteiger partial charge < -0.3 is 20.5 Å². The van der Waals surface area contributed by atoms with Crippen molar-refractivity contribution in [2.75, 3.05) is 32.9 Å². The highest BCUT2D eigenvalue weighted by Crippen LogP contribution is 2.20.